The minimum absolute atomic E-state index is 0.972. The molecule has 0 spiro atoms. The predicted molar refractivity (Wildman–Crippen MR) is 73.7 cm³/mol. The molecule has 0 aromatic carbocycles. The Morgan fingerprint density at radius 2 is 1.62 bits per heavy atom. The van der Waals surface area contributed by atoms with Crippen molar-refractivity contribution in [3.8, 4) is 0 Å². The smallest absolute Gasteiger partial charge is 0.0380 e. The molecule has 0 radical (unpaired) electrons. The highest BCUT2D eigenvalue weighted by atomic mass is 14.4. The summed E-state index contributed by atoms with van der Waals surface area (Å²) in [6, 6.07) is 0. The third kappa shape index (κ3) is 5.92. The van der Waals surface area contributed by atoms with Gasteiger partial charge in [-0.3, -0.25) is 0 Å². The zero-order valence-corrected chi connectivity index (χ0v) is 11.8. The van der Waals surface area contributed by atoms with Crippen LogP contribution in [0, 0.1) is 17.8 Å². The van der Waals surface area contributed by atoms with Crippen LogP contribution in [0.5, 0.6) is 0 Å². The van der Waals surface area contributed by atoms with Gasteiger partial charge in [0.2, 0.25) is 0 Å². The molecular formula is C16H32. The lowest BCUT2D eigenvalue weighted by Crippen LogP contribution is -1.95. The molecule has 16 heavy (non-hydrogen) atoms. The van der Waals surface area contributed by atoms with Crippen LogP contribution >= 0.6 is 0 Å². The van der Waals surface area contributed by atoms with Crippen LogP contribution in [-0.2, 0) is 0 Å². The summed E-state index contributed by atoms with van der Waals surface area (Å²) in [7, 11) is 0. The normalized spacial score (nSPS) is 25.7. The van der Waals surface area contributed by atoms with Gasteiger partial charge in [0, 0.05) is 0 Å². The fourth-order valence-electron chi connectivity index (χ4n) is 2.82. The van der Waals surface area contributed by atoms with E-state index >= 15 is 0 Å². The molecule has 1 saturated carbocycles. The van der Waals surface area contributed by atoms with E-state index in [0.717, 1.165) is 17.8 Å². The summed E-state index contributed by atoms with van der Waals surface area (Å²) in [6.07, 6.45) is 14.7. The third-order valence-corrected chi connectivity index (χ3v) is 4.40. The fourth-order valence-corrected chi connectivity index (χ4v) is 2.82. The molecule has 0 amide bonds. The van der Waals surface area contributed by atoms with E-state index in [4.69, 9.17) is 0 Å². The lowest BCUT2D eigenvalue weighted by Gasteiger charge is -2.07. The van der Waals surface area contributed by atoms with E-state index in [0.29, 0.717) is 0 Å². The lowest BCUT2D eigenvalue weighted by molar-refractivity contribution is 0.451. The van der Waals surface area contributed by atoms with Crippen LogP contribution in [-0.4, -0.2) is 0 Å². The lowest BCUT2D eigenvalue weighted by atomic mass is 9.99. The Labute approximate surface area is 103 Å². The molecule has 0 aromatic rings. The quantitative estimate of drug-likeness (QED) is 0.411. The van der Waals surface area contributed by atoms with Gasteiger partial charge in [0.1, 0.15) is 0 Å². The molecular weight excluding hydrogens is 192 g/mol. The van der Waals surface area contributed by atoms with E-state index in [-0.39, 0.29) is 0 Å². The monoisotopic (exact) mass is 224 g/mol. The van der Waals surface area contributed by atoms with Crippen molar-refractivity contribution in [3.05, 3.63) is 0 Å². The summed E-state index contributed by atoms with van der Waals surface area (Å²) < 4.78 is 0. The molecule has 0 aliphatic heterocycles. The standard InChI is InChI=1S/C16H32/c1-4-6-7-8-9-10-11-15-13-16(15)12-14(3)5-2/h14-16H,4-13H2,1-3H3. The van der Waals surface area contributed by atoms with Crippen molar-refractivity contribution < 1.29 is 0 Å². The van der Waals surface area contributed by atoms with Gasteiger partial charge in [-0.25, -0.2) is 0 Å². The first-order chi connectivity index (χ1) is 7.77. The topological polar surface area (TPSA) is 0 Å². The van der Waals surface area contributed by atoms with Crippen LogP contribution < -0.4 is 0 Å². The van der Waals surface area contributed by atoms with Crippen molar-refractivity contribution in [1.82, 2.24) is 0 Å². The van der Waals surface area contributed by atoms with Crippen LogP contribution in [0.15, 0.2) is 0 Å². The van der Waals surface area contributed by atoms with E-state index in [1.54, 1.807) is 6.42 Å². The molecule has 1 aliphatic rings. The van der Waals surface area contributed by atoms with Gasteiger partial charge in [-0.1, -0.05) is 72.1 Å². The van der Waals surface area contributed by atoms with Crippen molar-refractivity contribution in [3.63, 3.8) is 0 Å². The van der Waals surface area contributed by atoms with Crippen molar-refractivity contribution >= 4 is 0 Å². The molecule has 1 rings (SSSR count). The van der Waals surface area contributed by atoms with E-state index in [2.05, 4.69) is 20.8 Å². The molecule has 0 heteroatoms. The molecule has 0 heterocycles. The van der Waals surface area contributed by atoms with Gasteiger partial charge in [-0.2, -0.15) is 0 Å². The summed E-state index contributed by atoms with van der Waals surface area (Å²) in [6.45, 7) is 7.04. The second kappa shape index (κ2) is 8.14. The van der Waals surface area contributed by atoms with Crippen molar-refractivity contribution in [2.45, 2.75) is 85.0 Å². The molecule has 0 aromatic heterocycles. The molecule has 0 nitrogen and oxygen atoms in total. The van der Waals surface area contributed by atoms with E-state index in [9.17, 15) is 0 Å². The maximum absolute atomic E-state index is 2.42. The molecule has 0 bridgehead atoms. The van der Waals surface area contributed by atoms with E-state index in [1.807, 2.05) is 0 Å². The van der Waals surface area contributed by atoms with Crippen molar-refractivity contribution in [2.24, 2.45) is 17.8 Å². The summed E-state index contributed by atoms with van der Waals surface area (Å²) in [5.41, 5.74) is 0. The first kappa shape index (κ1) is 14.1. The summed E-state index contributed by atoms with van der Waals surface area (Å²) in [5.74, 6) is 3.21. The average molecular weight is 224 g/mol. The van der Waals surface area contributed by atoms with Gasteiger partial charge in [-0.05, 0) is 30.6 Å². The largest absolute Gasteiger partial charge is 0.0654 e. The Morgan fingerprint density at radius 1 is 0.938 bits per heavy atom. The van der Waals surface area contributed by atoms with Gasteiger partial charge in [0.25, 0.3) is 0 Å². The third-order valence-electron chi connectivity index (χ3n) is 4.40. The highest BCUT2D eigenvalue weighted by molar-refractivity contribution is 4.86. The van der Waals surface area contributed by atoms with Crippen LogP contribution in [0.25, 0.3) is 0 Å². The highest BCUT2D eigenvalue weighted by Gasteiger charge is 2.36. The minimum atomic E-state index is 0.972. The molecule has 1 aliphatic carbocycles. The van der Waals surface area contributed by atoms with Crippen molar-refractivity contribution in [1.29, 1.82) is 0 Å². The number of hydrogen-bond donors (Lipinski definition) is 0. The molecule has 0 saturated heterocycles. The van der Waals surface area contributed by atoms with Crippen LogP contribution in [0.4, 0.5) is 0 Å². The Bertz CT molecular complexity index is 161. The molecule has 3 unspecified atom stereocenters. The van der Waals surface area contributed by atoms with Crippen LogP contribution in [0.2, 0.25) is 0 Å². The Balaban J connectivity index is 1.85. The average Bonchev–Trinajstić information content (AvgIpc) is 3.01. The van der Waals surface area contributed by atoms with Gasteiger partial charge in [0.05, 0.1) is 0 Å². The van der Waals surface area contributed by atoms with E-state index in [1.165, 1.54) is 57.8 Å². The first-order valence-corrected chi connectivity index (χ1v) is 7.77. The second-order valence-electron chi connectivity index (χ2n) is 6.06. The first-order valence-electron chi connectivity index (χ1n) is 7.77. The molecule has 0 N–H and O–H groups in total. The number of hydrogen-bond acceptors (Lipinski definition) is 0. The zero-order chi connectivity index (χ0) is 11.8. The molecule has 3 atom stereocenters. The summed E-state index contributed by atoms with van der Waals surface area (Å²) >= 11 is 0. The van der Waals surface area contributed by atoms with Gasteiger partial charge in [0.15, 0.2) is 0 Å². The Hall–Kier alpha value is 0. The number of rotatable bonds is 10. The summed E-state index contributed by atoms with van der Waals surface area (Å²) in [5, 5.41) is 0. The molecule has 96 valence electrons. The van der Waals surface area contributed by atoms with Crippen LogP contribution in [0.3, 0.4) is 0 Å². The SMILES string of the molecule is CCCCCCCCC1CC1CC(C)CC. The highest BCUT2D eigenvalue weighted by Crippen LogP contribution is 2.46. The fraction of sp³-hybridized carbons (Fsp3) is 1.00. The van der Waals surface area contributed by atoms with Gasteiger partial charge in [-0.15, -0.1) is 0 Å². The maximum Gasteiger partial charge on any atom is -0.0380 e. The zero-order valence-electron chi connectivity index (χ0n) is 11.8. The van der Waals surface area contributed by atoms with Gasteiger partial charge < -0.3 is 0 Å². The maximum atomic E-state index is 2.42. The number of unbranched alkanes of at least 4 members (excludes halogenated alkanes) is 5. The van der Waals surface area contributed by atoms with E-state index < -0.39 is 0 Å². The Morgan fingerprint density at radius 3 is 2.31 bits per heavy atom. The Kier molecular flexibility index (Phi) is 7.16. The minimum Gasteiger partial charge on any atom is -0.0654 e. The summed E-state index contributed by atoms with van der Waals surface area (Å²) in [4.78, 5) is 0. The predicted octanol–water partition coefficient (Wildman–Crippen LogP) is 5.81. The van der Waals surface area contributed by atoms with Gasteiger partial charge >= 0.3 is 0 Å². The van der Waals surface area contributed by atoms with Crippen LogP contribution in [0.1, 0.15) is 85.0 Å². The van der Waals surface area contributed by atoms with Crippen molar-refractivity contribution in [2.75, 3.05) is 0 Å². The second-order valence-corrected chi connectivity index (χ2v) is 6.06. The molecule has 1 fully saturated rings.